The number of hydrogen-bond donors (Lipinski definition) is 1. The molecule has 1 aliphatic heterocycles. The molecule has 1 unspecified atom stereocenters. The van der Waals surface area contributed by atoms with E-state index in [0.29, 0.717) is 12.5 Å². The fourth-order valence-corrected chi connectivity index (χ4v) is 2.16. The van der Waals surface area contributed by atoms with Crippen molar-refractivity contribution in [3.8, 4) is 0 Å². The highest BCUT2D eigenvalue weighted by molar-refractivity contribution is 5.12. The predicted molar refractivity (Wildman–Crippen MR) is 67.1 cm³/mol. The molecule has 0 aliphatic carbocycles. The molecule has 0 aromatic carbocycles. The molecular weight excluding hydrogens is 200 g/mol. The molecule has 0 amide bonds. The molecule has 1 heterocycles. The topological polar surface area (TPSA) is 29.5 Å². The van der Waals surface area contributed by atoms with E-state index in [1.54, 1.807) is 0 Å². The van der Waals surface area contributed by atoms with Crippen LogP contribution in [0.5, 0.6) is 0 Å². The zero-order valence-corrected chi connectivity index (χ0v) is 10.2. The van der Waals surface area contributed by atoms with Crippen LogP contribution in [0, 0.1) is 5.92 Å². The van der Waals surface area contributed by atoms with Crippen molar-refractivity contribution in [3.05, 3.63) is 24.5 Å². The molecule has 1 atom stereocenters. The largest absolute Gasteiger partial charge is 0.498 e. The van der Waals surface area contributed by atoms with Gasteiger partial charge < -0.3 is 9.84 Å². The van der Waals surface area contributed by atoms with Gasteiger partial charge in [-0.15, -0.1) is 0 Å². The molecule has 1 saturated heterocycles. The van der Waals surface area contributed by atoms with Gasteiger partial charge in [0.25, 0.3) is 0 Å². The van der Waals surface area contributed by atoms with Crippen LogP contribution in [-0.4, -0.2) is 18.3 Å². The molecular formula is C14H24O2. The Morgan fingerprint density at radius 3 is 2.88 bits per heavy atom. The molecule has 0 radical (unpaired) electrons. The summed E-state index contributed by atoms with van der Waals surface area (Å²) in [6, 6.07) is 0. The van der Waals surface area contributed by atoms with Crippen LogP contribution in [0.1, 0.15) is 44.9 Å². The van der Waals surface area contributed by atoms with Crippen LogP contribution in [-0.2, 0) is 4.74 Å². The summed E-state index contributed by atoms with van der Waals surface area (Å²) in [5.41, 5.74) is 1.25. The van der Waals surface area contributed by atoms with Crippen molar-refractivity contribution in [2.45, 2.75) is 44.9 Å². The predicted octanol–water partition coefficient (Wildman–Crippen LogP) is 3.43. The average Bonchev–Trinajstić information content (AvgIpc) is 2.49. The molecule has 1 aliphatic rings. The Morgan fingerprint density at radius 1 is 1.31 bits per heavy atom. The molecule has 0 spiro atoms. The first-order chi connectivity index (χ1) is 7.75. The highest BCUT2D eigenvalue weighted by Gasteiger charge is 2.19. The molecule has 0 aromatic heterocycles. The standard InChI is InChI=1S/C14H24O2/c1-12(8-4-3-6-10-15)14-9-5-7-11-16-13(14)2/h14-15H,1-11H2. The molecule has 2 heteroatoms. The zero-order valence-electron chi connectivity index (χ0n) is 10.2. The smallest absolute Gasteiger partial charge is 0.0959 e. The lowest BCUT2D eigenvalue weighted by molar-refractivity contribution is 0.201. The third-order valence-corrected chi connectivity index (χ3v) is 3.21. The Hall–Kier alpha value is -0.760. The van der Waals surface area contributed by atoms with Gasteiger partial charge in [-0.05, 0) is 38.5 Å². The summed E-state index contributed by atoms with van der Waals surface area (Å²) in [6.07, 6.45) is 7.60. The molecule has 92 valence electrons. The van der Waals surface area contributed by atoms with Gasteiger partial charge in [0.15, 0.2) is 0 Å². The number of ether oxygens (including phenoxy) is 1. The van der Waals surface area contributed by atoms with Gasteiger partial charge in [0.1, 0.15) is 0 Å². The first-order valence-electron chi connectivity index (χ1n) is 6.36. The van der Waals surface area contributed by atoms with Crippen LogP contribution in [0.4, 0.5) is 0 Å². The van der Waals surface area contributed by atoms with E-state index in [0.717, 1.165) is 50.9 Å². The van der Waals surface area contributed by atoms with E-state index in [4.69, 9.17) is 9.84 Å². The Kier molecular flexibility index (Phi) is 6.24. The lowest BCUT2D eigenvalue weighted by atomic mass is 9.90. The summed E-state index contributed by atoms with van der Waals surface area (Å²) < 4.78 is 5.57. The van der Waals surface area contributed by atoms with E-state index in [2.05, 4.69) is 13.2 Å². The van der Waals surface area contributed by atoms with Crippen molar-refractivity contribution in [1.29, 1.82) is 0 Å². The van der Waals surface area contributed by atoms with Crippen LogP contribution in [0.2, 0.25) is 0 Å². The van der Waals surface area contributed by atoms with Crippen LogP contribution in [0.3, 0.4) is 0 Å². The number of allylic oxidation sites excluding steroid dienone is 1. The maximum absolute atomic E-state index is 8.70. The zero-order chi connectivity index (χ0) is 11.8. The van der Waals surface area contributed by atoms with Crippen LogP contribution in [0.15, 0.2) is 24.5 Å². The van der Waals surface area contributed by atoms with Gasteiger partial charge in [-0.2, -0.15) is 0 Å². The maximum Gasteiger partial charge on any atom is 0.0959 e. The average molecular weight is 224 g/mol. The van der Waals surface area contributed by atoms with Crippen molar-refractivity contribution in [3.63, 3.8) is 0 Å². The van der Waals surface area contributed by atoms with E-state index >= 15 is 0 Å². The van der Waals surface area contributed by atoms with Gasteiger partial charge in [-0.25, -0.2) is 0 Å². The summed E-state index contributed by atoms with van der Waals surface area (Å²) >= 11 is 0. The quantitative estimate of drug-likeness (QED) is 0.553. The van der Waals surface area contributed by atoms with Crippen LogP contribution in [0.25, 0.3) is 0 Å². The Labute approximate surface area is 99.0 Å². The first-order valence-corrected chi connectivity index (χ1v) is 6.36. The molecule has 0 aromatic rings. The number of aliphatic hydroxyl groups excluding tert-OH is 1. The number of hydrogen-bond acceptors (Lipinski definition) is 2. The summed E-state index contributed by atoms with van der Waals surface area (Å²) in [7, 11) is 0. The molecule has 16 heavy (non-hydrogen) atoms. The van der Waals surface area contributed by atoms with E-state index in [-0.39, 0.29) is 0 Å². The summed E-state index contributed by atoms with van der Waals surface area (Å²) in [5, 5.41) is 8.70. The van der Waals surface area contributed by atoms with E-state index in [1.165, 1.54) is 12.0 Å². The van der Waals surface area contributed by atoms with E-state index in [9.17, 15) is 0 Å². The fraction of sp³-hybridized carbons (Fsp3) is 0.714. The Balaban J connectivity index is 2.30. The maximum atomic E-state index is 8.70. The lowest BCUT2D eigenvalue weighted by Crippen LogP contribution is -2.07. The Morgan fingerprint density at radius 2 is 2.12 bits per heavy atom. The fourth-order valence-electron chi connectivity index (χ4n) is 2.16. The molecule has 1 rings (SSSR count). The minimum Gasteiger partial charge on any atom is -0.498 e. The highest BCUT2D eigenvalue weighted by Crippen LogP contribution is 2.30. The molecule has 1 fully saturated rings. The molecule has 0 bridgehead atoms. The SMILES string of the molecule is C=C(CCCCCO)C1CCCCOC1=C. The normalized spacial score (nSPS) is 21.3. The molecule has 0 saturated carbocycles. The highest BCUT2D eigenvalue weighted by atomic mass is 16.5. The van der Waals surface area contributed by atoms with Crippen molar-refractivity contribution in [1.82, 2.24) is 0 Å². The minimum atomic E-state index is 0.297. The Bertz CT molecular complexity index is 233. The van der Waals surface area contributed by atoms with Crippen molar-refractivity contribution in [2.75, 3.05) is 13.2 Å². The number of unbranched alkanes of at least 4 members (excludes halogenated alkanes) is 2. The number of rotatable bonds is 6. The van der Waals surface area contributed by atoms with E-state index in [1.807, 2.05) is 0 Å². The monoisotopic (exact) mass is 224 g/mol. The van der Waals surface area contributed by atoms with Gasteiger partial charge in [-0.3, -0.25) is 0 Å². The van der Waals surface area contributed by atoms with Gasteiger partial charge in [0.05, 0.1) is 12.4 Å². The first kappa shape index (κ1) is 13.3. The lowest BCUT2D eigenvalue weighted by Gasteiger charge is -2.19. The summed E-state index contributed by atoms with van der Waals surface area (Å²) in [4.78, 5) is 0. The third kappa shape index (κ3) is 4.40. The number of aliphatic hydroxyl groups is 1. The van der Waals surface area contributed by atoms with Crippen LogP contribution < -0.4 is 0 Å². The van der Waals surface area contributed by atoms with Crippen molar-refractivity contribution < 1.29 is 9.84 Å². The van der Waals surface area contributed by atoms with Gasteiger partial charge in [0, 0.05) is 12.5 Å². The van der Waals surface area contributed by atoms with Crippen molar-refractivity contribution in [2.24, 2.45) is 5.92 Å². The summed E-state index contributed by atoms with van der Waals surface area (Å²) in [5.74, 6) is 1.27. The molecule has 2 nitrogen and oxygen atoms in total. The van der Waals surface area contributed by atoms with Gasteiger partial charge in [0.2, 0.25) is 0 Å². The second-order valence-electron chi connectivity index (χ2n) is 4.56. The van der Waals surface area contributed by atoms with Crippen LogP contribution >= 0.6 is 0 Å². The summed E-state index contributed by atoms with van der Waals surface area (Å²) in [6.45, 7) is 9.27. The second-order valence-corrected chi connectivity index (χ2v) is 4.56. The van der Waals surface area contributed by atoms with E-state index < -0.39 is 0 Å². The third-order valence-electron chi connectivity index (χ3n) is 3.21. The van der Waals surface area contributed by atoms with Crippen molar-refractivity contribution >= 4 is 0 Å². The molecule has 1 N–H and O–H groups in total. The van der Waals surface area contributed by atoms with Gasteiger partial charge in [-0.1, -0.05) is 25.2 Å². The second kappa shape index (κ2) is 7.50. The minimum absolute atomic E-state index is 0.297. The van der Waals surface area contributed by atoms with Gasteiger partial charge >= 0.3 is 0 Å².